The van der Waals surface area contributed by atoms with Gasteiger partial charge in [-0.3, -0.25) is 9.59 Å². The molecular formula is C15H19BrN2O2. The summed E-state index contributed by atoms with van der Waals surface area (Å²) in [6.45, 7) is 4.03. The van der Waals surface area contributed by atoms with Crippen molar-refractivity contribution >= 4 is 33.8 Å². The van der Waals surface area contributed by atoms with Crippen molar-refractivity contribution in [3.63, 3.8) is 0 Å². The van der Waals surface area contributed by atoms with Gasteiger partial charge in [0.05, 0.1) is 0 Å². The maximum absolute atomic E-state index is 12.1. The maximum atomic E-state index is 12.1. The summed E-state index contributed by atoms with van der Waals surface area (Å²) < 4.78 is 0.865. The summed E-state index contributed by atoms with van der Waals surface area (Å²) in [6.07, 6.45) is 3.57. The molecule has 0 bridgehead atoms. The number of carbonyl (C=O) groups is 2. The smallest absolute Gasteiger partial charge is 0.267 e. The van der Waals surface area contributed by atoms with Gasteiger partial charge >= 0.3 is 0 Å². The van der Waals surface area contributed by atoms with E-state index in [1.807, 2.05) is 24.3 Å². The predicted octanol–water partition coefficient (Wildman–Crippen LogP) is 2.84. The molecule has 1 rings (SSSR count). The highest BCUT2D eigenvalue weighted by Crippen LogP contribution is 2.18. The lowest BCUT2D eigenvalue weighted by Crippen LogP contribution is -2.34. The van der Waals surface area contributed by atoms with E-state index in [0.717, 1.165) is 22.9 Å². The fraction of sp³-hybridized carbons (Fsp3) is 0.333. The first kappa shape index (κ1) is 16.4. The van der Waals surface area contributed by atoms with E-state index in [2.05, 4.69) is 33.5 Å². The standard InChI is InChI=1S/C15H19BrN2O2/c1-3-4-9-17-15(20)14(18-11(2)19)10-12-7-5-6-8-13(12)16/h5-8,10H,3-4,9H2,1-2H3,(H,17,20)(H,18,19)/b14-10+. The summed E-state index contributed by atoms with van der Waals surface area (Å²) in [5.41, 5.74) is 1.09. The van der Waals surface area contributed by atoms with Gasteiger partial charge in [-0.1, -0.05) is 47.5 Å². The topological polar surface area (TPSA) is 58.2 Å². The van der Waals surface area contributed by atoms with Gasteiger partial charge in [-0.15, -0.1) is 0 Å². The van der Waals surface area contributed by atoms with Crippen LogP contribution >= 0.6 is 15.9 Å². The molecule has 0 fully saturated rings. The largest absolute Gasteiger partial charge is 0.351 e. The van der Waals surface area contributed by atoms with Crippen LogP contribution in [0.1, 0.15) is 32.3 Å². The van der Waals surface area contributed by atoms with Crippen molar-refractivity contribution in [3.8, 4) is 0 Å². The second-order valence-corrected chi connectivity index (χ2v) is 5.22. The minimum absolute atomic E-state index is 0.250. The second kappa shape index (κ2) is 8.53. The number of unbranched alkanes of at least 4 members (excludes halogenated alkanes) is 1. The van der Waals surface area contributed by atoms with E-state index in [1.165, 1.54) is 6.92 Å². The maximum Gasteiger partial charge on any atom is 0.267 e. The third-order valence-corrected chi connectivity index (χ3v) is 3.30. The minimum Gasteiger partial charge on any atom is -0.351 e. The molecule has 0 aliphatic heterocycles. The molecule has 0 heterocycles. The Morgan fingerprint density at radius 3 is 2.60 bits per heavy atom. The lowest BCUT2D eigenvalue weighted by atomic mass is 10.2. The highest BCUT2D eigenvalue weighted by Gasteiger charge is 2.11. The average molecular weight is 339 g/mol. The molecule has 4 nitrogen and oxygen atoms in total. The fourth-order valence-electron chi connectivity index (χ4n) is 1.57. The Morgan fingerprint density at radius 1 is 1.30 bits per heavy atom. The van der Waals surface area contributed by atoms with E-state index in [-0.39, 0.29) is 17.5 Å². The van der Waals surface area contributed by atoms with Crippen LogP contribution < -0.4 is 10.6 Å². The summed E-state index contributed by atoms with van der Waals surface area (Å²) in [4.78, 5) is 23.3. The van der Waals surface area contributed by atoms with Crippen LogP contribution in [0.2, 0.25) is 0 Å². The van der Waals surface area contributed by atoms with Crippen LogP contribution in [-0.2, 0) is 9.59 Å². The summed E-state index contributed by atoms with van der Waals surface area (Å²) in [6, 6.07) is 7.51. The first-order valence-electron chi connectivity index (χ1n) is 6.56. The van der Waals surface area contributed by atoms with Gasteiger partial charge in [0.15, 0.2) is 0 Å². The predicted molar refractivity (Wildman–Crippen MR) is 83.9 cm³/mol. The van der Waals surface area contributed by atoms with Gasteiger partial charge in [-0.2, -0.15) is 0 Å². The summed E-state index contributed by atoms with van der Waals surface area (Å²) in [5.74, 6) is -0.543. The number of amides is 2. The zero-order valence-corrected chi connectivity index (χ0v) is 13.3. The number of rotatable bonds is 6. The molecule has 0 saturated carbocycles. The van der Waals surface area contributed by atoms with Gasteiger partial charge < -0.3 is 10.6 Å². The van der Waals surface area contributed by atoms with Gasteiger partial charge in [0, 0.05) is 17.9 Å². The summed E-state index contributed by atoms with van der Waals surface area (Å²) >= 11 is 3.41. The third-order valence-electron chi connectivity index (χ3n) is 2.58. The van der Waals surface area contributed by atoms with Crippen molar-refractivity contribution in [2.75, 3.05) is 6.54 Å². The van der Waals surface area contributed by atoms with Crippen LogP contribution in [0, 0.1) is 0 Å². The zero-order chi connectivity index (χ0) is 15.0. The van der Waals surface area contributed by atoms with Gasteiger partial charge in [-0.25, -0.2) is 0 Å². The molecule has 0 saturated heterocycles. The molecule has 20 heavy (non-hydrogen) atoms. The monoisotopic (exact) mass is 338 g/mol. The quantitative estimate of drug-likeness (QED) is 0.619. The molecule has 1 aromatic rings. The first-order valence-corrected chi connectivity index (χ1v) is 7.36. The van der Waals surface area contributed by atoms with Crippen molar-refractivity contribution in [2.45, 2.75) is 26.7 Å². The molecular weight excluding hydrogens is 320 g/mol. The van der Waals surface area contributed by atoms with Gasteiger partial charge in [0.1, 0.15) is 5.70 Å². The Morgan fingerprint density at radius 2 is 2.00 bits per heavy atom. The van der Waals surface area contributed by atoms with Gasteiger partial charge in [0.25, 0.3) is 5.91 Å². The molecule has 5 heteroatoms. The minimum atomic E-state index is -0.274. The molecule has 0 unspecified atom stereocenters. The highest BCUT2D eigenvalue weighted by atomic mass is 79.9. The first-order chi connectivity index (χ1) is 9.54. The summed E-state index contributed by atoms with van der Waals surface area (Å²) in [5, 5.41) is 5.36. The van der Waals surface area contributed by atoms with Gasteiger partial charge in [-0.05, 0) is 24.1 Å². The Hall–Kier alpha value is -1.62. The van der Waals surface area contributed by atoms with Crippen LogP contribution in [0.5, 0.6) is 0 Å². The Bertz CT molecular complexity index is 512. The highest BCUT2D eigenvalue weighted by molar-refractivity contribution is 9.10. The van der Waals surface area contributed by atoms with E-state index < -0.39 is 0 Å². The van der Waals surface area contributed by atoms with Crippen molar-refractivity contribution in [1.82, 2.24) is 10.6 Å². The van der Waals surface area contributed by atoms with Gasteiger partial charge in [0.2, 0.25) is 5.91 Å². The second-order valence-electron chi connectivity index (χ2n) is 4.37. The van der Waals surface area contributed by atoms with Crippen molar-refractivity contribution in [3.05, 3.63) is 40.0 Å². The molecule has 2 N–H and O–H groups in total. The molecule has 0 aliphatic carbocycles. The Balaban J connectivity index is 2.91. The normalized spacial score (nSPS) is 11.1. The number of carbonyl (C=O) groups excluding carboxylic acids is 2. The van der Waals surface area contributed by atoms with E-state index >= 15 is 0 Å². The van der Waals surface area contributed by atoms with Crippen LogP contribution in [-0.4, -0.2) is 18.4 Å². The number of hydrogen-bond acceptors (Lipinski definition) is 2. The molecule has 108 valence electrons. The number of benzene rings is 1. The number of hydrogen-bond donors (Lipinski definition) is 2. The van der Waals surface area contributed by atoms with E-state index in [1.54, 1.807) is 6.08 Å². The van der Waals surface area contributed by atoms with Crippen LogP contribution in [0.4, 0.5) is 0 Å². The molecule has 1 aromatic carbocycles. The van der Waals surface area contributed by atoms with E-state index in [0.29, 0.717) is 6.54 Å². The third kappa shape index (κ3) is 5.57. The fourth-order valence-corrected chi connectivity index (χ4v) is 1.97. The van der Waals surface area contributed by atoms with Crippen LogP contribution in [0.15, 0.2) is 34.4 Å². The van der Waals surface area contributed by atoms with Crippen LogP contribution in [0.25, 0.3) is 6.08 Å². The lowest BCUT2D eigenvalue weighted by molar-refractivity contribution is -0.122. The molecule has 0 atom stereocenters. The van der Waals surface area contributed by atoms with Crippen molar-refractivity contribution in [1.29, 1.82) is 0 Å². The average Bonchev–Trinajstić information content (AvgIpc) is 2.40. The Kier molecular flexibility index (Phi) is 7.01. The van der Waals surface area contributed by atoms with Crippen molar-refractivity contribution in [2.24, 2.45) is 0 Å². The lowest BCUT2D eigenvalue weighted by Gasteiger charge is -2.10. The Labute approximate surface area is 127 Å². The number of nitrogens with one attached hydrogen (secondary N) is 2. The van der Waals surface area contributed by atoms with Crippen LogP contribution in [0.3, 0.4) is 0 Å². The molecule has 0 aliphatic rings. The summed E-state index contributed by atoms with van der Waals surface area (Å²) in [7, 11) is 0. The molecule has 0 aromatic heterocycles. The molecule has 0 radical (unpaired) electrons. The zero-order valence-electron chi connectivity index (χ0n) is 11.7. The van der Waals surface area contributed by atoms with E-state index in [4.69, 9.17) is 0 Å². The number of halogens is 1. The molecule has 0 spiro atoms. The van der Waals surface area contributed by atoms with Crippen molar-refractivity contribution < 1.29 is 9.59 Å². The van der Waals surface area contributed by atoms with E-state index in [9.17, 15) is 9.59 Å². The molecule has 2 amide bonds. The SMILES string of the molecule is CCCCNC(=O)/C(=C\c1ccccc1Br)NC(C)=O.